The van der Waals surface area contributed by atoms with Gasteiger partial charge in [-0.15, -0.1) is 11.8 Å². The minimum absolute atomic E-state index is 0.138. The van der Waals surface area contributed by atoms with Gasteiger partial charge < -0.3 is 4.74 Å². The molecule has 22 heavy (non-hydrogen) atoms. The maximum Gasteiger partial charge on any atom is 0.323 e. The van der Waals surface area contributed by atoms with E-state index in [1.807, 2.05) is 0 Å². The van der Waals surface area contributed by atoms with Gasteiger partial charge in [0.15, 0.2) is 11.7 Å². The van der Waals surface area contributed by atoms with Crippen molar-refractivity contribution >= 4 is 44.5 Å². The number of halogens is 2. The van der Waals surface area contributed by atoms with E-state index in [-0.39, 0.29) is 12.2 Å². The average molecular weight is 390 g/mol. The second-order valence-corrected chi connectivity index (χ2v) is 5.93. The molecule has 120 valence electrons. The summed E-state index contributed by atoms with van der Waals surface area (Å²) in [6.45, 7) is 4.00. The first-order valence-corrected chi connectivity index (χ1v) is 8.72. The van der Waals surface area contributed by atoms with Crippen LogP contribution < -0.4 is 0 Å². The van der Waals surface area contributed by atoms with Crippen LogP contribution in [0, 0.1) is 11.7 Å². The fraction of sp³-hybridized carbons (Fsp3) is 0.400. The number of benzene rings is 1. The minimum Gasteiger partial charge on any atom is -0.465 e. The summed E-state index contributed by atoms with van der Waals surface area (Å²) in [5.41, 5.74) is -0.154. The van der Waals surface area contributed by atoms with Crippen molar-refractivity contribution < 1.29 is 18.7 Å². The van der Waals surface area contributed by atoms with Crippen LogP contribution in [-0.2, 0) is 9.53 Å². The molecule has 7 heteroatoms. The Bertz CT molecular complexity index is 592. The third-order valence-electron chi connectivity index (χ3n) is 2.75. The molecule has 0 fully saturated rings. The lowest BCUT2D eigenvalue weighted by Gasteiger charge is -2.16. The van der Waals surface area contributed by atoms with Gasteiger partial charge in [0, 0.05) is 11.0 Å². The van der Waals surface area contributed by atoms with Crippen molar-refractivity contribution in [2.75, 3.05) is 19.4 Å². The molecule has 1 aromatic rings. The minimum atomic E-state index is -1.23. The van der Waals surface area contributed by atoms with Gasteiger partial charge in [-0.05, 0) is 38.3 Å². The molecule has 4 nitrogen and oxygen atoms in total. The van der Waals surface area contributed by atoms with E-state index in [4.69, 9.17) is 4.74 Å². The zero-order valence-electron chi connectivity index (χ0n) is 12.6. The summed E-state index contributed by atoms with van der Waals surface area (Å²) < 4.78 is 19.5. The van der Waals surface area contributed by atoms with Crippen LogP contribution >= 0.6 is 27.7 Å². The number of carbonyl (C=O) groups excluding carboxylic acids is 2. The van der Waals surface area contributed by atoms with E-state index in [2.05, 4.69) is 20.9 Å². The van der Waals surface area contributed by atoms with E-state index in [0.29, 0.717) is 16.1 Å². The van der Waals surface area contributed by atoms with Crippen molar-refractivity contribution in [2.24, 2.45) is 10.9 Å². The van der Waals surface area contributed by atoms with Gasteiger partial charge in [0.25, 0.3) is 0 Å². The molecule has 1 rings (SSSR count). The maximum absolute atomic E-state index is 14.0. The summed E-state index contributed by atoms with van der Waals surface area (Å²) >= 11 is 4.32. The number of hydrogen-bond acceptors (Lipinski definition) is 5. The van der Waals surface area contributed by atoms with Gasteiger partial charge >= 0.3 is 5.97 Å². The summed E-state index contributed by atoms with van der Waals surface area (Å²) in [6, 6.07) is 4.08. The Hall–Kier alpha value is -1.21. The Morgan fingerprint density at radius 1 is 1.41 bits per heavy atom. The number of thioether (sulfide) groups is 1. The molecule has 1 unspecified atom stereocenters. The molecule has 0 saturated heterocycles. The Labute approximate surface area is 141 Å². The smallest absolute Gasteiger partial charge is 0.323 e. The van der Waals surface area contributed by atoms with Crippen LogP contribution in [0.3, 0.4) is 0 Å². The number of nitrogens with zero attached hydrogens (tertiary/aromatic N) is 1. The SMILES string of the molecule is CCN=C(SC)C(C(=O)OCC)C(=O)c1ccc(Br)cc1F. The molecule has 0 radical (unpaired) electrons. The van der Waals surface area contributed by atoms with Crippen LogP contribution in [-0.4, -0.2) is 36.2 Å². The first-order chi connectivity index (χ1) is 10.5. The Kier molecular flexibility index (Phi) is 7.75. The third-order valence-corrected chi connectivity index (χ3v) is 4.03. The molecule has 0 spiro atoms. The van der Waals surface area contributed by atoms with E-state index in [1.54, 1.807) is 26.2 Å². The van der Waals surface area contributed by atoms with E-state index < -0.39 is 23.5 Å². The predicted molar refractivity (Wildman–Crippen MR) is 90.0 cm³/mol. The van der Waals surface area contributed by atoms with Gasteiger partial charge in [-0.2, -0.15) is 0 Å². The molecule has 0 aliphatic rings. The van der Waals surface area contributed by atoms with Crippen molar-refractivity contribution in [1.29, 1.82) is 0 Å². The molecule has 0 heterocycles. The first-order valence-electron chi connectivity index (χ1n) is 6.70. The zero-order valence-corrected chi connectivity index (χ0v) is 15.0. The highest BCUT2D eigenvalue weighted by Gasteiger charge is 2.35. The molecule has 1 atom stereocenters. The summed E-state index contributed by atoms with van der Waals surface area (Å²) in [7, 11) is 0. The molecule has 0 amide bonds. The number of carbonyl (C=O) groups is 2. The molecule has 1 aromatic carbocycles. The van der Waals surface area contributed by atoms with Gasteiger partial charge in [0.05, 0.1) is 17.2 Å². The van der Waals surface area contributed by atoms with E-state index >= 15 is 0 Å². The normalized spacial score (nSPS) is 12.9. The van der Waals surface area contributed by atoms with Crippen molar-refractivity contribution in [2.45, 2.75) is 13.8 Å². The molecule has 0 saturated carbocycles. The van der Waals surface area contributed by atoms with Crippen molar-refractivity contribution in [3.05, 3.63) is 34.1 Å². The van der Waals surface area contributed by atoms with Gasteiger partial charge in [0.2, 0.25) is 0 Å². The molecule has 0 aliphatic heterocycles. The molecule has 0 N–H and O–H groups in total. The van der Waals surface area contributed by atoms with Gasteiger partial charge in [-0.1, -0.05) is 15.9 Å². The number of esters is 1. The quantitative estimate of drug-likeness (QED) is 0.244. The van der Waals surface area contributed by atoms with Crippen molar-refractivity contribution in [1.82, 2.24) is 0 Å². The predicted octanol–water partition coefficient (Wildman–Crippen LogP) is 3.73. The second-order valence-electron chi connectivity index (χ2n) is 4.19. The fourth-order valence-corrected chi connectivity index (χ4v) is 2.85. The van der Waals surface area contributed by atoms with Crippen LogP contribution in [0.25, 0.3) is 0 Å². The standard InChI is InChI=1S/C15H17BrFNO3S/c1-4-18-14(22-3)12(15(20)21-5-2)13(19)10-7-6-9(16)8-11(10)17/h6-8,12H,4-5H2,1-3H3. The van der Waals surface area contributed by atoms with Crippen LogP contribution in [0.4, 0.5) is 4.39 Å². The molecule has 0 aliphatic carbocycles. The Morgan fingerprint density at radius 2 is 2.09 bits per heavy atom. The van der Waals surface area contributed by atoms with Crippen molar-refractivity contribution in [3.63, 3.8) is 0 Å². The van der Waals surface area contributed by atoms with Crippen LogP contribution in [0.1, 0.15) is 24.2 Å². The lowest BCUT2D eigenvalue weighted by atomic mass is 9.98. The lowest BCUT2D eigenvalue weighted by Crippen LogP contribution is -2.33. The van der Waals surface area contributed by atoms with Crippen molar-refractivity contribution in [3.8, 4) is 0 Å². The Balaban J connectivity index is 3.28. The highest BCUT2D eigenvalue weighted by molar-refractivity contribution is 9.10. The topological polar surface area (TPSA) is 55.7 Å². The monoisotopic (exact) mass is 389 g/mol. The van der Waals surface area contributed by atoms with Gasteiger partial charge in [0.1, 0.15) is 5.82 Å². The first kappa shape index (κ1) is 18.8. The summed E-state index contributed by atoms with van der Waals surface area (Å²) in [5, 5.41) is 0.327. The number of aliphatic imine (C=N–C) groups is 1. The molecular weight excluding hydrogens is 373 g/mol. The van der Waals surface area contributed by atoms with Gasteiger partial charge in [-0.3, -0.25) is 14.6 Å². The fourth-order valence-electron chi connectivity index (χ4n) is 1.82. The molecule has 0 aromatic heterocycles. The van der Waals surface area contributed by atoms with E-state index in [0.717, 1.165) is 0 Å². The Morgan fingerprint density at radius 3 is 2.59 bits per heavy atom. The third kappa shape index (κ3) is 4.64. The zero-order chi connectivity index (χ0) is 16.7. The highest BCUT2D eigenvalue weighted by Crippen LogP contribution is 2.22. The number of ether oxygens (including phenoxy) is 1. The van der Waals surface area contributed by atoms with E-state index in [1.165, 1.54) is 23.9 Å². The van der Waals surface area contributed by atoms with E-state index in [9.17, 15) is 14.0 Å². The largest absolute Gasteiger partial charge is 0.465 e. The lowest BCUT2D eigenvalue weighted by molar-refractivity contribution is -0.144. The number of Topliss-reactive ketones (excluding diaryl/α,β-unsaturated/α-hetero) is 1. The average Bonchev–Trinajstić information content (AvgIpc) is 2.46. The molecular formula is C15H17BrFNO3S. The summed E-state index contributed by atoms with van der Waals surface area (Å²) in [5.74, 6) is -3.28. The van der Waals surface area contributed by atoms with Crippen LogP contribution in [0.2, 0.25) is 0 Å². The maximum atomic E-state index is 14.0. The van der Waals surface area contributed by atoms with Crippen LogP contribution in [0.15, 0.2) is 27.7 Å². The summed E-state index contributed by atoms with van der Waals surface area (Å²) in [6.07, 6.45) is 1.71. The van der Waals surface area contributed by atoms with Crippen LogP contribution in [0.5, 0.6) is 0 Å². The summed E-state index contributed by atoms with van der Waals surface area (Å²) in [4.78, 5) is 28.9. The number of rotatable bonds is 6. The number of ketones is 1. The van der Waals surface area contributed by atoms with Gasteiger partial charge in [-0.25, -0.2) is 4.39 Å². The highest BCUT2D eigenvalue weighted by atomic mass is 79.9. The molecule has 0 bridgehead atoms. The number of hydrogen-bond donors (Lipinski definition) is 0. The second kappa shape index (κ2) is 9.05.